The van der Waals surface area contributed by atoms with Crippen molar-refractivity contribution in [2.45, 2.75) is 55.6 Å². The van der Waals surface area contributed by atoms with Gasteiger partial charge in [-0.15, -0.1) is 5.10 Å². The van der Waals surface area contributed by atoms with Crippen LogP contribution in [0.2, 0.25) is 0 Å². The Morgan fingerprint density at radius 1 is 1.07 bits per heavy atom. The second kappa shape index (κ2) is 13.5. The van der Waals surface area contributed by atoms with E-state index >= 15 is 0 Å². The highest BCUT2D eigenvalue weighted by Crippen LogP contribution is 2.41. The fraction of sp³-hybridized carbons (Fsp3) is 0.346. The quantitative estimate of drug-likeness (QED) is 0.192. The summed E-state index contributed by atoms with van der Waals surface area (Å²) in [6.07, 6.45) is -1.16. The van der Waals surface area contributed by atoms with Crippen LogP contribution >= 0.6 is 27.7 Å². The highest BCUT2D eigenvalue weighted by molar-refractivity contribution is 9.10. The van der Waals surface area contributed by atoms with E-state index < -0.39 is 71.8 Å². The van der Waals surface area contributed by atoms with Crippen LogP contribution in [0.4, 0.5) is 13.2 Å². The second-order valence-electron chi connectivity index (χ2n) is 9.05. The second-order valence-corrected chi connectivity index (χ2v) is 11.0. The van der Waals surface area contributed by atoms with Gasteiger partial charge in [-0.2, -0.15) is 5.26 Å². The van der Waals surface area contributed by atoms with Gasteiger partial charge in [0.2, 0.25) is 0 Å². The first kappa shape index (κ1) is 31.9. The van der Waals surface area contributed by atoms with Crippen LogP contribution in [0.15, 0.2) is 40.1 Å². The number of nitriles is 1. The Labute approximate surface area is 254 Å². The number of halogens is 4. The van der Waals surface area contributed by atoms with Crippen molar-refractivity contribution >= 4 is 45.6 Å². The minimum Gasteiger partial charge on any atom is -0.463 e. The van der Waals surface area contributed by atoms with Gasteiger partial charge in [-0.05, 0) is 34.1 Å². The van der Waals surface area contributed by atoms with Crippen LogP contribution in [-0.2, 0) is 33.3 Å². The third-order valence-electron chi connectivity index (χ3n) is 5.95. The molecule has 0 spiro atoms. The average Bonchev–Trinajstić information content (AvgIpc) is 3.41. The number of pyridine rings is 1. The normalized spacial score (nSPS) is 21.5. The van der Waals surface area contributed by atoms with Crippen LogP contribution in [-0.4, -0.2) is 68.2 Å². The molecule has 226 valence electrons. The molecule has 0 amide bonds. The molecule has 4 rings (SSSR count). The fourth-order valence-corrected chi connectivity index (χ4v) is 5.86. The standard InChI is InChI=1S/C26H21BrF3N5O7S/c1-11(36)39-10-20-24(40-12(2)37)23(35-9-19(33-34-35)14-4-17(28)22(30)18(29)5-14)25(41-13(3)38)26(42-20)43-21-6-16(27)15(7-31)8-32-21/h4-6,8-9,20,23-26H,10H2,1-3H3/t20-,23+,24+,25-,26-/m1/s1. The molecule has 0 bridgehead atoms. The summed E-state index contributed by atoms with van der Waals surface area (Å²) >= 11 is 4.27. The summed E-state index contributed by atoms with van der Waals surface area (Å²) in [7, 11) is 0. The lowest BCUT2D eigenvalue weighted by Gasteiger charge is -2.44. The summed E-state index contributed by atoms with van der Waals surface area (Å²) < 4.78 is 65.6. The molecule has 2 aromatic heterocycles. The van der Waals surface area contributed by atoms with Gasteiger partial charge in [0.15, 0.2) is 29.7 Å². The first-order valence-corrected chi connectivity index (χ1v) is 14.0. The molecule has 0 unspecified atom stereocenters. The number of benzene rings is 1. The first-order chi connectivity index (χ1) is 20.4. The van der Waals surface area contributed by atoms with Crippen molar-refractivity contribution < 1.29 is 46.5 Å². The molecule has 0 radical (unpaired) electrons. The van der Waals surface area contributed by atoms with Gasteiger partial charge < -0.3 is 18.9 Å². The van der Waals surface area contributed by atoms with Gasteiger partial charge in [0, 0.05) is 37.0 Å². The zero-order valence-corrected chi connectivity index (χ0v) is 24.9. The van der Waals surface area contributed by atoms with Gasteiger partial charge in [0.1, 0.15) is 36.0 Å². The topological polar surface area (TPSA) is 156 Å². The minimum absolute atomic E-state index is 0.0918. The number of thioether (sulfide) groups is 1. The van der Waals surface area contributed by atoms with Gasteiger partial charge in [-0.25, -0.2) is 22.8 Å². The lowest BCUT2D eigenvalue weighted by Crippen LogP contribution is -2.57. The van der Waals surface area contributed by atoms with Crippen LogP contribution in [0.3, 0.4) is 0 Å². The maximum absolute atomic E-state index is 14.0. The number of esters is 3. The number of aromatic nitrogens is 4. The molecule has 1 saturated heterocycles. The van der Waals surface area contributed by atoms with Crippen LogP contribution in [0, 0.1) is 28.8 Å². The van der Waals surface area contributed by atoms with Crippen LogP contribution in [0.5, 0.6) is 0 Å². The third-order valence-corrected chi connectivity index (χ3v) is 7.69. The SMILES string of the molecule is CC(=O)OC[C@H]1O[C@H](Sc2cc(Br)c(C#N)cn2)[C@H](OC(C)=O)[C@@H](n2cc(-c3cc(F)c(F)c(F)c3)nn2)[C@H]1OC(C)=O. The number of ether oxygens (including phenoxy) is 4. The van der Waals surface area contributed by atoms with E-state index in [1.165, 1.54) is 18.5 Å². The number of rotatable bonds is 8. The summed E-state index contributed by atoms with van der Waals surface area (Å²) in [5.74, 6) is -6.74. The monoisotopic (exact) mass is 683 g/mol. The smallest absolute Gasteiger partial charge is 0.303 e. The number of hydrogen-bond donors (Lipinski definition) is 0. The first-order valence-electron chi connectivity index (χ1n) is 12.3. The molecule has 1 aromatic carbocycles. The Bertz CT molecular complexity index is 1580. The van der Waals surface area contributed by atoms with E-state index in [0.717, 1.165) is 49.3 Å². The molecule has 43 heavy (non-hydrogen) atoms. The Balaban J connectivity index is 1.82. The van der Waals surface area contributed by atoms with Gasteiger partial charge in [-0.1, -0.05) is 17.0 Å². The Kier molecular flexibility index (Phi) is 10.0. The maximum atomic E-state index is 14.0. The molecule has 1 aliphatic heterocycles. The summed E-state index contributed by atoms with van der Waals surface area (Å²) in [4.78, 5) is 40.4. The van der Waals surface area contributed by atoms with E-state index in [-0.39, 0.29) is 16.8 Å². The zero-order valence-electron chi connectivity index (χ0n) is 22.5. The largest absolute Gasteiger partial charge is 0.463 e. The molecule has 12 nitrogen and oxygen atoms in total. The van der Waals surface area contributed by atoms with Crippen LogP contribution in [0.25, 0.3) is 11.3 Å². The Morgan fingerprint density at radius 3 is 2.30 bits per heavy atom. The number of carbonyl (C=O) groups excluding carboxylic acids is 3. The van der Waals surface area contributed by atoms with E-state index in [2.05, 4.69) is 31.2 Å². The molecule has 1 aliphatic rings. The van der Waals surface area contributed by atoms with Crippen LogP contribution in [0.1, 0.15) is 32.4 Å². The molecular formula is C26H21BrF3N5O7S. The molecule has 5 atom stereocenters. The Morgan fingerprint density at radius 2 is 1.72 bits per heavy atom. The summed E-state index contributed by atoms with van der Waals surface area (Å²) in [6.45, 7) is 3.03. The number of hydrogen-bond acceptors (Lipinski definition) is 12. The molecule has 0 saturated carbocycles. The highest BCUT2D eigenvalue weighted by atomic mass is 79.9. The molecule has 1 fully saturated rings. The van der Waals surface area contributed by atoms with Crippen molar-refractivity contribution in [3.8, 4) is 17.3 Å². The molecular weight excluding hydrogens is 663 g/mol. The van der Waals surface area contributed by atoms with E-state index in [0.29, 0.717) is 9.50 Å². The molecule has 17 heteroatoms. The maximum Gasteiger partial charge on any atom is 0.303 e. The van der Waals surface area contributed by atoms with Crippen molar-refractivity contribution in [3.05, 3.63) is 58.1 Å². The summed E-state index contributed by atoms with van der Waals surface area (Å²) in [5.41, 5.74) is -1.08. The van der Waals surface area contributed by atoms with Gasteiger partial charge in [-0.3, -0.25) is 14.4 Å². The molecule has 0 N–H and O–H groups in total. The van der Waals surface area contributed by atoms with E-state index in [1.807, 2.05) is 6.07 Å². The van der Waals surface area contributed by atoms with E-state index in [4.69, 9.17) is 18.9 Å². The van der Waals surface area contributed by atoms with Gasteiger partial charge >= 0.3 is 17.9 Å². The molecule has 3 heterocycles. The van der Waals surface area contributed by atoms with Crippen molar-refractivity contribution in [3.63, 3.8) is 0 Å². The van der Waals surface area contributed by atoms with Crippen molar-refractivity contribution in [2.24, 2.45) is 0 Å². The average molecular weight is 684 g/mol. The lowest BCUT2D eigenvalue weighted by molar-refractivity contribution is -0.212. The zero-order chi connectivity index (χ0) is 31.4. The van der Waals surface area contributed by atoms with E-state index in [9.17, 15) is 32.8 Å². The van der Waals surface area contributed by atoms with Crippen molar-refractivity contribution in [1.82, 2.24) is 20.0 Å². The summed E-state index contributed by atoms with van der Waals surface area (Å²) in [5, 5.41) is 17.5. The lowest BCUT2D eigenvalue weighted by atomic mass is 9.96. The fourth-order valence-electron chi connectivity index (χ4n) is 4.22. The third kappa shape index (κ3) is 7.50. The summed E-state index contributed by atoms with van der Waals surface area (Å²) in [6, 6.07) is 3.76. The van der Waals surface area contributed by atoms with Gasteiger partial charge in [0.25, 0.3) is 0 Å². The Hall–Kier alpha value is -4.01. The highest BCUT2D eigenvalue weighted by Gasteiger charge is 2.52. The minimum atomic E-state index is -1.67. The van der Waals surface area contributed by atoms with E-state index in [1.54, 1.807) is 0 Å². The predicted molar refractivity (Wildman–Crippen MR) is 143 cm³/mol. The van der Waals surface area contributed by atoms with Crippen molar-refractivity contribution in [1.29, 1.82) is 5.26 Å². The number of carbonyl (C=O) groups is 3. The van der Waals surface area contributed by atoms with Crippen molar-refractivity contribution in [2.75, 3.05) is 6.61 Å². The molecule has 3 aromatic rings. The molecule has 0 aliphatic carbocycles. The number of nitrogens with zero attached hydrogens (tertiary/aromatic N) is 5. The van der Waals surface area contributed by atoms with Gasteiger partial charge in [0.05, 0.1) is 16.8 Å². The predicted octanol–water partition coefficient (Wildman–Crippen LogP) is 3.88. The van der Waals surface area contributed by atoms with Crippen LogP contribution < -0.4 is 0 Å².